The van der Waals surface area contributed by atoms with Crippen LogP contribution in [0.25, 0.3) is 0 Å². The third-order valence-corrected chi connectivity index (χ3v) is 3.75. The van der Waals surface area contributed by atoms with Gasteiger partial charge in [0.1, 0.15) is 5.54 Å². The molecule has 94 valence electrons. The van der Waals surface area contributed by atoms with E-state index in [9.17, 15) is 4.79 Å². The van der Waals surface area contributed by atoms with E-state index in [1.807, 2.05) is 12.1 Å². The number of carboxylic acid groups (broad SMARTS) is 1. The molecule has 0 unspecified atom stereocenters. The first-order chi connectivity index (χ1) is 7.75. The minimum absolute atomic E-state index is 0.491. The van der Waals surface area contributed by atoms with Crippen molar-refractivity contribution in [2.75, 3.05) is 7.05 Å². The van der Waals surface area contributed by atoms with Crippen LogP contribution < -0.4 is 0 Å². The van der Waals surface area contributed by atoms with Gasteiger partial charge in [-0.05, 0) is 38.6 Å². The van der Waals surface area contributed by atoms with Crippen LogP contribution in [0.15, 0.2) is 22.7 Å². The van der Waals surface area contributed by atoms with E-state index in [1.165, 1.54) is 0 Å². The number of carboxylic acids is 1. The highest BCUT2D eigenvalue weighted by molar-refractivity contribution is 9.10. The molecule has 1 rings (SSSR count). The van der Waals surface area contributed by atoms with Gasteiger partial charge in [-0.25, -0.2) is 0 Å². The molecule has 0 aliphatic rings. The maximum absolute atomic E-state index is 11.1. The Morgan fingerprint density at radius 1 is 1.53 bits per heavy atom. The average molecular weight is 321 g/mol. The van der Waals surface area contributed by atoms with Crippen LogP contribution in [0.2, 0.25) is 5.02 Å². The van der Waals surface area contributed by atoms with Crippen molar-refractivity contribution in [1.29, 1.82) is 0 Å². The van der Waals surface area contributed by atoms with Gasteiger partial charge in [-0.1, -0.05) is 33.6 Å². The van der Waals surface area contributed by atoms with Gasteiger partial charge >= 0.3 is 5.97 Å². The van der Waals surface area contributed by atoms with Gasteiger partial charge < -0.3 is 5.11 Å². The van der Waals surface area contributed by atoms with Crippen molar-refractivity contribution in [3.63, 3.8) is 0 Å². The molecule has 0 spiro atoms. The number of likely N-dealkylation sites (N-methyl/N-ethyl adjacent to an activating group) is 1. The molecule has 0 amide bonds. The first-order valence-electron chi connectivity index (χ1n) is 5.13. The Balaban J connectivity index is 2.88. The summed E-state index contributed by atoms with van der Waals surface area (Å²) in [6.07, 6.45) is 0. The molecule has 0 atom stereocenters. The zero-order chi connectivity index (χ0) is 13.2. The molecular formula is C12H15BrClNO2. The Kier molecular flexibility index (Phi) is 4.58. The Morgan fingerprint density at radius 2 is 2.12 bits per heavy atom. The smallest absolute Gasteiger partial charge is 0.323 e. The molecule has 1 aromatic rings. The summed E-state index contributed by atoms with van der Waals surface area (Å²) in [7, 11) is 1.77. The van der Waals surface area contributed by atoms with Gasteiger partial charge in [-0.3, -0.25) is 9.69 Å². The van der Waals surface area contributed by atoms with E-state index in [2.05, 4.69) is 15.9 Å². The lowest BCUT2D eigenvalue weighted by molar-refractivity contribution is -0.148. The molecule has 0 aromatic heterocycles. The fourth-order valence-corrected chi connectivity index (χ4v) is 2.00. The Bertz CT molecular complexity index is 435. The summed E-state index contributed by atoms with van der Waals surface area (Å²) in [6, 6.07) is 5.59. The van der Waals surface area contributed by atoms with Gasteiger partial charge in [0.25, 0.3) is 0 Å². The molecular weight excluding hydrogens is 305 g/mol. The number of hydrogen-bond donors (Lipinski definition) is 1. The van der Waals surface area contributed by atoms with Crippen LogP contribution in [0.4, 0.5) is 0 Å². The van der Waals surface area contributed by atoms with Gasteiger partial charge in [0.2, 0.25) is 0 Å². The Morgan fingerprint density at radius 3 is 2.59 bits per heavy atom. The van der Waals surface area contributed by atoms with Crippen molar-refractivity contribution < 1.29 is 9.90 Å². The highest BCUT2D eigenvalue weighted by Gasteiger charge is 2.32. The van der Waals surface area contributed by atoms with Gasteiger partial charge in [-0.2, -0.15) is 0 Å². The summed E-state index contributed by atoms with van der Waals surface area (Å²) < 4.78 is 0.909. The largest absolute Gasteiger partial charge is 0.480 e. The summed E-state index contributed by atoms with van der Waals surface area (Å²) in [6.45, 7) is 3.83. The fraction of sp³-hybridized carbons (Fsp3) is 0.417. The lowest BCUT2D eigenvalue weighted by atomic mass is 10.0. The molecule has 17 heavy (non-hydrogen) atoms. The molecule has 0 aliphatic carbocycles. The predicted molar refractivity (Wildman–Crippen MR) is 72.3 cm³/mol. The monoisotopic (exact) mass is 319 g/mol. The second-order valence-electron chi connectivity index (χ2n) is 4.46. The van der Waals surface area contributed by atoms with Crippen molar-refractivity contribution in [1.82, 2.24) is 4.90 Å². The molecule has 3 nitrogen and oxygen atoms in total. The molecule has 0 fully saturated rings. The van der Waals surface area contributed by atoms with Gasteiger partial charge in [0.05, 0.1) is 0 Å². The maximum atomic E-state index is 11.1. The van der Waals surface area contributed by atoms with Crippen LogP contribution >= 0.6 is 27.5 Å². The normalized spacial score (nSPS) is 11.9. The molecule has 0 bridgehead atoms. The van der Waals surface area contributed by atoms with Gasteiger partial charge in [0, 0.05) is 16.0 Å². The Hall–Kier alpha value is -0.580. The number of hydrogen-bond acceptors (Lipinski definition) is 2. The van der Waals surface area contributed by atoms with E-state index in [0.717, 1.165) is 10.0 Å². The van der Waals surface area contributed by atoms with Gasteiger partial charge in [-0.15, -0.1) is 0 Å². The Labute approximate surface area is 115 Å². The van der Waals surface area contributed by atoms with E-state index < -0.39 is 11.5 Å². The fourth-order valence-electron chi connectivity index (χ4n) is 1.27. The molecule has 0 saturated heterocycles. The topological polar surface area (TPSA) is 40.5 Å². The standard InChI is InChI=1S/C12H15BrClNO2/c1-12(2,11(16)17)15(3)7-8-4-5-9(13)6-10(8)14/h4-6H,7H2,1-3H3,(H,16,17). The molecule has 0 saturated carbocycles. The molecule has 5 heteroatoms. The van der Waals surface area contributed by atoms with Crippen LogP contribution in [-0.4, -0.2) is 28.6 Å². The maximum Gasteiger partial charge on any atom is 0.323 e. The number of benzene rings is 1. The highest BCUT2D eigenvalue weighted by Crippen LogP contribution is 2.24. The summed E-state index contributed by atoms with van der Waals surface area (Å²) in [5.74, 6) is -0.853. The van der Waals surface area contributed by atoms with Crippen molar-refractivity contribution in [2.24, 2.45) is 0 Å². The highest BCUT2D eigenvalue weighted by atomic mass is 79.9. The number of rotatable bonds is 4. The first kappa shape index (κ1) is 14.5. The zero-order valence-electron chi connectivity index (χ0n) is 10.00. The number of aliphatic carboxylic acids is 1. The van der Waals surface area contributed by atoms with Crippen LogP contribution in [-0.2, 0) is 11.3 Å². The van der Waals surface area contributed by atoms with Crippen LogP contribution in [0, 0.1) is 0 Å². The molecule has 1 N–H and O–H groups in total. The average Bonchev–Trinajstić information content (AvgIpc) is 2.21. The number of halogens is 2. The molecule has 0 heterocycles. The van der Waals surface area contributed by atoms with Crippen LogP contribution in [0.5, 0.6) is 0 Å². The van der Waals surface area contributed by atoms with Gasteiger partial charge in [0.15, 0.2) is 0 Å². The van der Waals surface area contributed by atoms with Crippen molar-refractivity contribution in [3.05, 3.63) is 33.3 Å². The van der Waals surface area contributed by atoms with Crippen molar-refractivity contribution in [2.45, 2.75) is 25.9 Å². The zero-order valence-corrected chi connectivity index (χ0v) is 12.3. The lowest BCUT2D eigenvalue weighted by Crippen LogP contribution is -2.47. The van der Waals surface area contributed by atoms with Crippen molar-refractivity contribution in [3.8, 4) is 0 Å². The van der Waals surface area contributed by atoms with Crippen molar-refractivity contribution >= 4 is 33.5 Å². The predicted octanol–water partition coefficient (Wildman–Crippen LogP) is 3.40. The van der Waals surface area contributed by atoms with E-state index in [1.54, 1.807) is 31.9 Å². The third-order valence-electron chi connectivity index (χ3n) is 2.90. The number of carbonyl (C=O) groups is 1. The second kappa shape index (κ2) is 5.38. The van der Waals surface area contributed by atoms with Crippen LogP contribution in [0.1, 0.15) is 19.4 Å². The SMILES string of the molecule is CN(Cc1ccc(Br)cc1Cl)C(C)(C)C(=O)O. The molecule has 0 aliphatic heterocycles. The lowest BCUT2D eigenvalue weighted by Gasteiger charge is -2.31. The first-order valence-corrected chi connectivity index (χ1v) is 6.31. The van der Waals surface area contributed by atoms with E-state index in [4.69, 9.17) is 16.7 Å². The minimum atomic E-state index is -0.920. The summed E-state index contributed by atoms with van der Waals surface area (Å²) in [5.41, 5.74) is -0.0113. The van der Waals surface area contributed by atoms with E-state index in [0.29, 0.717) is 11.6 Å². The summed E-state index contributed by atoms with van der Waals surface area (Å²) >= 11 is 9.43. The van der Waals surface area contributed by atoms with E-state index in [-0.39, 0.29) is 0 Å². The number of nitrogens with zero attached hydrogens (tertiary/aromatic N) is 1. The molecule has 0 radical (unpaired) electrons. The quantitative estimate of drug-likeness (QED) is 0.924. The molecule has 1 aromatic carbocycles. The van der Waals surface area contributed by atoms with Crippen LogP contribution in [0.3, 0.4) is 0 Å². The second-order valence-corrected chi connectivity index (χ2v) is 5.78. The third kappa shape index (κ3) is 3.44. The minimum Gasteiger partial charge on any atom is -0.480 e. The summed E-state index contributed by atoms with van der Waals surface area (Å²) in [4.78, 5) is 12.9. The van der Waals surface area contributed by atoms with E-state index >= 15 is 0 Å². The summed E-state index contributed by atoms with van der Waals surface area (Å²) in [5, 5.41) is 9.75.